The van der Waals surface area contributed by atoms with Crippen molar-refractivity contribution in [2.24, 2.45) is 5.84 Å². The molecule has 0 aromatic carbocycles. The molecule has 0 aliphatic carbocycles. The maximum Gasteiger partial charge on any atom is 0.149 e. The van der Waals surface area contributed by atoms with Crippen LogP contribution in [0.2, 0.25) is 0 Å². The highest BCUT2D eigenvalue weighted by molar-refractivity contribution is 8.06. The molecule has 1 aromatic heterocycles. The van der Waals surface area contributed by atoms with E-state index < -0.39 is 0 Å². The van der Waals surface area contributed by atoms with Crippen LogP contribution in [-0.4, -0.2) is 33.8 Å². The lowest BCUT2D eigenvalue weighted by atomic mass is 10.1. The molecule has 0 radical (unpaired) electrons. The average Bonchev–Trinajstić information content (AvgIpc) is 2.47. The highest BCUT2D eigenvalue weighted by Crippen LogP contribution is 2.36. The van der Waals surface area contributed by atoms with Crippen molar-refractivity contribution in [1.29, 1.82) is 0 Å². The zero-order valence-corrected chi connectivity index (χ0v) is 11.6. The van der Waals surface area contributed by atoms with E-state index in [1.54, 1.807) is 0 Å². The number of rotatable bonds is 2. The molecular formula is C11H16N4OS2. The van der Waals surface area contributed by atoms with Crippen LogP contribution in [0.15, 0.2) is 0 Å². The Kier molecular flexibility index (Phi) is 3.93. The quantitative estimate of drug-likeness (QED) is 0.627. The monoisotopic (exact) mass is 284 g/mol. The van der Waals surface area contributed by atoms with Gasteiger partial charge < -0.3 is 10.2 Å². The first-order valence-electron chi connectivity index (χ1n) is 6.02. The van der Waals surface area contributed by atoms with E-state index in [0.717, 1.165) is 41.7 Å². The van der Waals surface area contributed by atoms with Crippen LogP contribution in [0.25, 0.3) is 0 Å². The molecule has 0 bridgehead atoms. The molecule has 1 atom stereocenters. The number of aromatic nitrogens is 2. The Morgan fingerprint density at radius 1 is 1.33 bits per heavy atom. The topological polar surface area (TPSA) is 73.1 Å². The fourth-order valence-electron chi connectivity index (χ4n) is 2.15. The van der Waals surface area contributed by atoms with Gasteiger partial charge in [0.05, 0.1) is 24.2 Å². The van der Waals surface area contributed by atoms with Gasteiger partial charge in [-0.1, -0.05) is 0 Å². The van der Waals surface area contributed by atoms with Gasteiger partial charge >= 0.3 is 0 Å². The standard InChI is InChI=1S/C11H16N4OS2/c12-15-10-7-5-16-2-1-8(7)13-11(14-10)9-6-17-3-4-18-9/h9H,1-6,12H2,(H,13,14,15). The van der Waals surface area contributed by atoms with E-state index in [1.165, 1.54) is 11.5 Å². The number of nitrogens with two attached hydrogens (primary N) is 1. The molecule has 18 heavy (non-hydrogen) atoms. The van der Waals surface area contributed by atoms with Crippen LogP contribution >= 0.6 is 23.5 Å². The smallest absolute Gasteiger partial charge is 0.149 e. The number of thioether (sulfide) groups is 2. The fourth-order valence-corrected chi connectivity index (χ4v) is 4.75. The summed E-state index contributed by atoms with van der Waals surface area (Å²) in [4.78, 5) is 9.29. The summed E-state index contributed by atoms with van der Waals surface area (Å²) in [6.45, 7) is 1.29. The highest BCUT2D eigenvalue weighted by Gasteiger charge is 2.24. The van der Waals surface area contributed by atoms with Crippen molar-refractivity contribution in [2.45, 2.75) is 18.3 Å². The number of hydrazine groups is 1. The van der Waals surface area contributed by atoms with Gasteiger partial charge in [0.25, 0.3) is 0 Å². The molecule has 0 spiro atoms. The summed E-state index contributed by atoms with van der Waals surface area (Å²) in [7, 11) is 0. The minimum atomic E-state index is 0.393. The molecule has 2 aliphatic rings. The Morgan fingerprint density at radius 2 is 2.28 bits per heavy atom. The first kappa shape index (κ1) is 12.5. The van der Waals surface area contributed by atoms with Crippen molar-refractivity contribution >= 4 is 29.3 Å². The van der Waals surface area contributed by atoms with Crippen LogP contribution in [0, 0.1) is 0 Å². The number of anilines is 1. The van der Waals surface area contributed by atoms with Gasteiger partial charge in [0, 0.05) is 29.2 Å². The van der Waals surface area contributed by atoms with Gasteiger partial charge in [-0.3, -0.25) is 0 Å². The number of fused-ring (bicyclic) bond motifs is 1. The second-order valence-corrected chi connectivity index (χ2v) is 6.70. The van der Waals surface area contributed by atoms with E-state index in [2.05, 4.69) is 10.4 Å². The number of ether oxygens (including phenoxy) is 1. The van der Waals surface area contributed by atoms with Crippen molar-refractivity contribution in [2.75, 3.05) is 29.3 Å². The molecule has 3 heterocycles. The molecule has 5 nitrogen and oxygen atoms in total. The fraction of sp³-hybridized carbons (Fsp3) is 0.636. The molecule has 2 aliphatic heterocycles. The molecular weight excluding hydrogens is 268 g/mol. The van der Waals surface area contributed by atoms with Crippen LogP contribution < -0.4 is 11.3 Å². The van der Waals surface area contributed by atoms with Crippen LogP contribution in [-0.2, 0) is 17.8 Å². The Labute approximate surface area is 115 Å². The van der Waals surface area contributed by atoms with Crippen LogP contribution in [0.5, 0.6) is 0 Å². The molecule has 98 valence electrons. The summed E-state index contributed by atoms with van der Waals surface area (Å²) in [6, 6.07) is 0. The second-order valence-electron chi connectivity index (χ2n) is 4.24. The normalized spacial score (nSPS) is 23.5. The van der Waals surface area contributed by atoms with E-state index >= 15 is 0 Å². The third kappa shape index (κ3) is 2.45. The summed E-state index contributed by atoms with van der Waals surface area (Å²) in [5, 5.41) is 0.393. The summed E-state index contributed by atoms with van der Waals surface area (Å²) in [5.74, 6) is 10.7. The molecule has 1 saturated heterocycles. The summed E-state index contributed by atoms with van der Waals surface area (Å²) in [6.07, 6.45) is 0.851. The van der Waals surface area contributed by atoms with E-state index in [1.807, 2.05) is 23.5 Å². The zero-order valence-electron chi connectivity index (χ0n) is 10.0. The van der Waals surface area contributed by atoms with Gasteiger partial charge in [-0.15, -0.1) is 11.8 Å². The maximum atomic E-state index is 5.56. The van der Waals surface area contributed by atoms with E-state index in [9.17, 15) is 0 Å². The van der Waals surface area contributed by atoms with Crippen molar-refractivity contribution in [3.63, 3.8) is 0 Å². The van der Waals surface area contributed by atoms with Crippen LogP contribution in [0.1, 0.15) is 22.3 Å². The number of hydrogen-bond acceptors (Lipinski definition) is 7. The first-order chi connectivity index (χ1) is 8.88. The lowest BCUT2D eigenvalue weighted by Crippen LogP contribution is -2.22. The van der Waals surface area contributed by atoms with Gasteiger partial charge in [-0.25, -0.2) is 15.8 Å². The minimum absolute atomic E-state index is 0.393. The Morgan fingerprint density at radius 3 is 3.06 bits per heavy atom. The maximum absolute atomic E-state index is 5.56. The minimum Gasteiger partial charge on any atom is -0.376 e. The lowest BCUT2D eigenvalue weighted by Gasteiger charge is -2.23. The van der Waals surface area contributed by atoms with Crippen LogP contribution in [0.3, 0.4) is 0 Å². The summed E-state index contributed by atoms with van der Waals surface area (Å²) in [5.41, 5.74) is 4.80. The van der Waals surface area contributed by atoms with Gasteiger partial charge in [0.2, 0.25) is 0 Å². The predicted molar refractivity (Wildman–Crippen MR) is 75.7 cm³/mol. The Balaban J connectivity index is 1.94. The van der Waals surface area contributed by atoms with Crippen molar-refractivity contribution in [3.8, 4) is 0 Å². The molecule has 1 unspecified atom stereocenters. The second kappa shape index (κ2) is 5.64. The molecule has 1 aromatic rings. The van der Waals surface area contributed by atoms with Crippen molar-refractivity contribution in [3.05, 3.63) is 17.1 Å². The van der Waals surface area contributed by atoms with Gasteiger partial charge in [0.1, 0.15) is 11.6 Å². The molecule has 1 fully saturated rings. The van der Waals surface area contributed by atoms with Crippen LogP contribution in [0.4, 0.5) is 5.82 Å². The summed E-state index contributed by atoms with van der Waals surface area (Å²) >= 11 is 3.91. The molecule has 3 N–H and O–H groups in total. The SMILES string of the molecule is NNc1nc(C2CSCCS2)nc2c1COCC2. The highest BCUT2D eigenvalue weighted by atomic mass is 32.2. The largest absolute Gasteiger partial charge is 0.376 e. The van der Waals surface area contributed by atoms with Crippen molar-refractivity contribution in [1.82, 2.24) is 9.97 Å². The number of nitrogen functional groups attached to an aromatic ring is 1. The lowest BCUT2D eigenvalue weighted by molar-refractivity contribution is 0.109. The molecule has 7 heteroatoms. The molecule has 0 amide bonds. The van der Waals surface area contributed by atoms with E-state index in [4.69, 9.17) is 15.6 Å². The third-order valence-electron chi connectivity index (χ3n) is 3.08. The Hall–Kier alpha value is -0.500. The number of hydrogen-bond donors (Lipinski definition) is 2. The number of nitrogens with zero attached hydrogens (tertiary/aromatic N) is 2. The Bertz CT molecular complexity index is 420. The van der Waals surface area contributed by atoms with Gasteiger partial charge in [0.15, 0.2) is 0 Å². The van der Waals surface area contributed by atoms with Crippen molar-refractivity contribution < 1.29 is 4.74 Å². The predicted octanol–water partition coefficient (Wildman–Crippen LogP) is 1.36. The van der Waals surface area contributed by atoms with Gasteiger partial charge in [-0.05, 0) is 0 Å². The van der Waals surface area contributed by atoms with E-state index in [0.29, 0.717) is 11.9 Å². The van der Waals surface area contributed by atoms with Gasteiger partial charge in [-0.2, -0.15) is 11.8 Å². The first-order valence-corrected chi connectivity index (χ1v) is 8.22. The van der Waals surface area contributed by atoms with E-state index in [-0.39, 0.29) is 0 Å². The summed E-state index contributed by atoms with van der Waals surface area (Å²) < 4.78 is 5.44. The molecule has 0 saturated carbocycles. The average molecular weight is 284 g/mol. The molecule has 3 rings (SSSR count). The number of nitrogens with one attached hydrogen (secondary N) is 1. The zero-order chi connectivity index (χ0) is 12.4. The third-order valence-corrected chi connectivity index (χ3v) is 5.83.